The van der Waals surface area contributed by atoms with E-state index in [2.05, 4.69) is 0 Å². The van der Waals surface area contributed by atoms with Crippen molar-refractivity contribution in [2.75, 3.05) is 0 Å². The zero-order valence-corrected chi connectivity index (χ0v) is 9.46. The normalized spacial score (nSPS) is 13.7. The molecule has 0 heterocycles. The first-order chi connectivity index (χ1) is 6.23. The van der Waals surface area contributed by atoms with Gasteiger partial charge in [0.1, 0.15) is 5.78 Å². The Morgan fingerprint density at radius 3 is 2.14 bits per heavy atom. The summed E-state index contributed by atoms with van der Waals surface area (Å²) in [5, 5.41) is 8.47. The summed E-state index contributed by atoms with van der Waals surface area (Å²) in [5.41, 5.74) is -0.308. The predicted molar refractivity (Wildman–Crippen MR) is 55.1 cm³/mol. The number of Topliss-reactive ketones (excluding diaryl/α,β-unsaturated/α-hetero) is 1. The highest BCUT2D eigenvalue weighted by atomic mass is 16.4. The monoisotopic (exact) mass is 200 g/mol. The minimum atomic E-state index is -0.792. The minimum Gasteiger partial charge on any atom is -0.481 e. The Labute approximate surface area is 85.5 Å². The average Bonchev–Trinajstić information content (AvgIpc) is 1.99. The number of hydrogen-bond acceptors (Lipinski definition) is 2. The third-order valence-electron chi connectivity index (χ3n) is 2.22. The van der Waals surface area contributed by atoms with Crippen molar-refractivity contribution in [2.45, 2.75) is 47.0 Å². The largest absolute Gasteiger partial charge is 0.481 e. The molecule has 3 heteroatoms. The molecule has 0 bridgehead atoms. The van der Waals surface area contributed by atoms with E-state index in [0.717, 1.165) is 0 Å². The summed E-state index contributed by atoms with van der Waals surface area (Å²) < 4.78 is 0. The van der Waals surface area contributed by atoms with E-state index in [1.165, 1.54) is 0 Å². The topological polar surface area (TPSA) is 54.4 Å². The molecule has 0 rings (SSSR count). The van der Waals surface area contributed by atoms with Gasteiger partial charge < -0.3 is 5.11 Å². The standard InChI is InChI=1S/C11H20O3/c1-8(5-6-10(13)14)7-9(12)11(2,3)4/h8H,5-7H2,1-4H3,(H,13,14). The maximum atomic E-state index is 11.6. The molecule has 0 amide bonds. The number of carboxylic acids is 1. The highest BCUT2D eigenvalue weighted by Gasteiger charge is 2.22. The van der Waals surface area contributed by atoms with Crippen LogP contribution in [0.25, 0.3) is 0 Å². The van der Waals surface area contributed by atoms with Crippen molar-refractivity contribution in [3.63, 3.8) is 0 Å². The lowest BCUT2D eigenvalue weighted by atomic mass is 9.84. The summed E-state index contributed by atoms with van der Waals surface area (Å²) in [6, 6.07) is 0. The Hall–Kier alpha value is -0.860. The van der Waals surface area contributed by atoms with Gasteiger partial charge in [0.2, 0.25) is 0 Å². The van der Waals surface area contributed by atoms with Crippen LogP contribution in [0.3, 0.4) is 0 Å². The lowest BCUT2D eigenvalue weighted by Crippen LogP contribution is -2.22. The van der Waals surface area contributed by atoms with E-state index in [9.17, 15) is 9.59 Å². The molecule has 0 saturated heterocycles. The molecule has 0 aromatic carbocycles. The van der Waals surface area contributed by atoms with Crippen molar-refractivity contribution in [1.29, 1.82) is 0 Å². The summed E-state index contributed by atoms with van der Waals surface area (Å²) >= 11 is 0. The number of carboxylic acid groups (broad SMARTS) is 1. The zero-order chi connectivity index (χ0) is 11.4. The van der Waals surface area contributed by atoms with E-state index in [1.807, 2.05) is 27.7 Å². The molecule has 0 aliphatic rings. The smallest absolute Gasteiger partial charge is 0.303 e. The lowest BCUT2D eigenvalue weighted by molar-refractivity contribution is -0.137. The van der Waals surface area contributed by atoms with Crippen molar-refractivity contribution in [3.05, 3.63) is 0 Å². The van der Waals surface area contributed by atoms with Crippen molar-refractivity contribution in [2.24, 2.45) is 11.3 Å². The van der Waals surface area contributed by atoms with Gasteiger partial charge >= 0.3 is 5.97 Å². The van der Waals surface area contributed by atoms with Gasteiger partial charge in [-0.05, 0) is 12.3 Å². The third kappa shape index (κ3) is 5.73. The predicted octanol–water partition coefficient (Wildman–Crippen LogP) is 2.49. The molecule has 0 aliphatic heterocycles. The van der Waals surface area contributed by atoms with Crippen molar-refractivity contribution < 1.29 is 14.7 Å². The van der Waals surface area contributed by atoms with E-state index in [4.69, 9.17) is 5.11 Å². The average molecular weight is 200 g/mol. The number of rotatable bonds is 5. The first-order valence-electron chi connectivity index (χ1n) is 4.98. The molecule has 0 fully saturated rings. The van der Waals surface area contributed by atoms with Crippen LogP contribution in [0.4, 0.5) is 0 Å². The molecule has 0 spiro atoms. The number of aliphatic carboxylic acids is 1. The zero-order valence-electron chi connectivity index (χ0n) is 9.46. The van der Waals surface area contributed by atoms with Gasteiger partial charge in [0.05, 0.1) is 0 Å². The first kappa shape index (κ1) is 13.1. The Balaban J connectivity index is 3.89. The molecular weight excluding hydrogens is 180 g/mol. The van der Waals surface area contributed by atoms with E-state index >= 15 is 0 Å². The fraction of sp³-hybridized carbons (Fsp3) is 0.818. The van der Waals surface area contributed by atoms with E-state index in [1.54, 1.807) is 0 Å². The van der Waals surface area contributed by atoms with Crippen LogP contribution in [0.5, 0.6) is 0 Å². The molecule has 1 atom stereocenters. The van der Waals surface area contributed by atoms with Gasteiger partial charge in [-0.2, -0.15) is 0 Å². The second-order valence-corrected chi connectivity index (χ2v) is 4.91. The van der Waals surface area contributed by atoms with E-state index in [0.29, 0.717) is 12.8 Å². The van der Waals surface area contributed by atoms with Gasteiger partial charge in [0, 0.05) is 18.3 Å². The summed E-state index contributed by atoms with van der Waals surface area (Å²) in [6.45, 7) is 7.59. The van der Waals surface area contributed by atoms with Crippen LogP contribution in [-0.4, -0.2) is 16.9 Å². The molecule has 0 aromatic rings. The molecule has 0 radical (unpaired) electrons. The Morgan fingerprint density at radius 1 is 1.29 bits per heavy atom. The summed E-state index contributed by atoms with van der Waals surface area (Å²) in [7, 11) is 0. The van der Waals surface area contributed by atoms with E-state index < -0.39 is 5.97 Å². The Bertz CT molecular complexity index is 213. The van der Waals surface area contributed by atoms with Gasteiger partial charge in [0.25, 0.3) is 0 Å². The maximum absolute atomic E-state index is 11.6. The number of carbonyl (C=O) groups is 2. The minimum absolute atomic E-state index is 0.151. The van der Waals surface area contributed by atoms with E-state index in [-0.39, 0.29) is 23.5 Å². The summed E-state index contributed by atoms with van der Waals surface area (Å²) in [5.74, 6) is -0.423. The van der Waals surface area contributed by atoms with Crippen LogP contribution < -0.4 is 0 Å². The molecule has 3 nitrogen and oxygen atoms in total. The van der Waals surface area contributed by atoms with Crippen LogP contribution >= 0.6 is 0 Å². The van der Waals surface area contributed by atoms with Gasteiger partial charge in [-0.1, -0.05) is 27.7 Å². The van der Waals surface area contributed by atoms with Crippen LogP contribution in [0.15, 0.2) is 0 Å². The van der Waals surface area contributed by atoms with Crippen LogP contribution in [0, 0.1) is 11.3 Å². The second kappa shape index (κ2) is 5.13. The van der Waals surface area contributed by atoms with Gasteiger partial charge in [-0.15, -0.1) is 0 Å². The van der Waals surface area contributed by atoms with Crippen molar-refractivity contribution in [1.82, 2.24) is 0 Å². The molecule has 1 unspecified atom stereocenters. The first-order valence-corrected chi connectivity index (χ1v) is 4.98. The third-order valence-corrected chi connectivity index (χ3v) is 2.22. The van der Waals surface area contributed by atoms with Crippen LogP contribution in [0.2, 0.25) is 0 Å². The fourth-order valence-corrected chi connectivity index (χ4v) is 1.09. The van der Waals surface area contributed by atoms with Crippen molar-refractivity contribution >= 4 is 11.8 Å². The molecule has 1 N–H and O–H groups in total. The molecule has 82 valence electrons. The second-order valence-electron chi connectivity index (χ2n) is 4.91. The fourth-order valence-electron chi connectivity index (χ4n) is 1.09. The quantitative estimate of drug-likeness (QED) is 0.741. The highest BCUT2D eigenvalue weighted by Crippen LogP contribution is 2.21. The van der Waals surface area contributed by atoms with Gasteiger partial charge in [0.15, 0.2) is 0 Å². The molecule has 0 saturated carbocycles. The summed E-state index contributed by atoms with van der Waals surface area (Å²) in [6.07, 6.45) is 1.21. The SMILES string of the molecule is CC(CCC(=O)O)CC(=O)C(C)(C)C. The Morgan fingerprint density at radius 2 is 1.79 bits per heavy atom. The van der Waals surface area contributed by atoms with Crippen LogP contribution in [-0.2, 0) is 9.59 Å². The van der Waals surface area contributed by atoms with Crippen LogP contribution in [0.1, 0.15) is 47.0 Å². The maximum Gasteiger partial charge on any atom is 0.303 e. The molecular formula is C11H20O3. The number of carbonyl (C=O) groups excluding carboxylic acids is 1. The van der Waals surface area contributed by atoms with Gasteiger partial charge in [-0.3, -0.25) is 9.59 Å². The molecule has 0 aliphatic carbocycles. The van der Waals surface area contributed by atoms with Crippen molar-refractivity contribution in [3.8, 4) is 0 Å². The summed E-state index contributed by atoms with van der Waals surface area (Å²) in [4.78, 5) is 21.9. The number of ketones is 1. The Kier molecular flexibility index (Phi) is 4.81. The molecule has 0 aromatic heterocycles. The number of hydrogen-bond donors (Lipinski definition) is 1. The highest BCUT2D eigenvalue weighted by molar-refractivity contribution is 5.83. The lowest BCUT2D eigenvalue weighted by Gasteiger charge is -2.19. The van der Waals surface area contributed by atoms with Gasteiger partial charge in [-0.25, -0.2) is 0 Å². The molecule has 14 heavy (non-hydrogen) atoms.